The number of nitrogens with one attached hydrogen (secondary N) is 2. The number of aromatic nitrogens is 2. The number of nitro benzene ring substituents is 1. The summed E-state index contributed by atoms with van der Waals surface area (Å²) in [6.45, 7) is 0. The van der Waals surface area contributed by atoms with E-state index in [4.69, 9.17) is 0 Å². The molecule has 13 heteroatoms. The fraction of sp³-hybridized carbons (Fsp3) is 0.0435. The monoisotopic (exact) mass is 507 g/mol. The van der Waals surface area contributed by atoms with Crippen molar-refractivity contribution in [2.24, 2.45) is 0 Å². The molecule has 182 valence electrons. The quantitative estimate of drug-likeness (QED) is 0.216. The Bertz CT molecular complexity index is 1610. The van der Waals surface area contributed by atoms with E-state index >= 15 is 0 Å². The van der Waals surface area contributed by atoms with Crippen LogP contribution >= 0.6 is 0 Å². The minimum absolute atomic E-state index is 0.0400. The third kappa shape index (κ3) is 5.26. The molecule has 0 fully saturated rings. The molecular formula is C23H17N5O7S. The number of hydrogen-bond donors (Lipinski definition) is 2. The number of anilines is 2. The number of non-ortho nitro benzene ring substituents is 1. The van der Waals surface area contributed by atoms with Crippen LogP contribution in [0.25, 0.3) is 11.0 Å². The molecule has 0 atom stereocenters. The number of methoxy groups -OCH3 is 1. The van der Waals surface area contributed by atoms with E-state index < -0.39 is 32.5 Å². The summed E-state index contributed by atoms with van der Waals surface area (Å²) in [5.41, 5.74) is 0.567. The van der Waals surface area contributed by atoms with Gasteiger partial charge in [0, 0.05) is 23.4 Å². The van der Waals surface area contributed by atoms with E-state index in [-0.39, 0.29) is 27.5 Å². The van der Waals surface area contributed by atoms with Gasteiger partial charge in [0.15, 0.2) is 5.82 Å². The summed E-state index contributed by atoms with van der Waals surface area (Å²) >= 11 is 0. The van der Waals surface area contributed by atoms with Crippen molar-refractivity contribution in [3.63, 3.8) is 0 Å². The van der Waals surface area contributed by atoms with E-state index in [1.807, 2.05) is 0 Å². The number of hydrogen-bond acceptors (Lipinski definition) is 9. The second-order valence-electron chi connectivity index (χ2n) is 7.35. The smallest absolute Gasteiger partial charge is 0.338 e. The summed E-state index contributed by atoms with van der Waals surface area (Å²) in [7, 11) is -2.90. The molecule has 1 amide bonds. The number of carbonyl (C=O) groups is 2. The normalized spacial score (nSPS) is 11.0. The maximum Gasteiger partial charge on any atom is 0.338 e. The van der Waals surface area contributed by atoms with E-state index in [0.29, 0.717) is 11.0 Å². The van der Waals surface area contributed by atoms with Crippen molar-refractivity contribution in [1.29, 1.82) is 0 Å². The second kappa shape index (κ2) is 9.76. The molecule has 0 saturated heterocycles. The molecule has 0 aliphatic carbocycles. The van der Waals surface area contributed by atoms with Crippen LogP contribution in [-0.2, 0) is 14.8 Å². The third-order valence-corrected chi connectivity index (χ3v) is 6.29. The highest BCUT2D eigenvalue weighted by Gasteiger charge is 2.19. The first-order valence-electron chi connectivity index (χ1n) is 10.2. The Morgan fingerprint density at radius 1 is 0.972 bits per heavy atom. The van der Waals surface area contributed by atoms with Gasteiger partial charge in [-0.1, -0.05) is 12.1 Å². The fourth-order valence-corrected chi connectivity index (χ4v) is 4.19. The van der Waals surface area contributed by atoms with Crippen LogP contribution in [0.15, 0.2) is 77.8 Å². The molecular weight excluding hydrogens is 490 g/mol. The van der Waals surface area contributed by atoms with Crippen LogP contribution < -0.4 is 10.0 Å². The molecule has 1 aromatic heterocycles. The van der Waals surface area contributed by atoms with Crippen LogP contribution in [0.1, 0.15) is 20.7 Å². The van der Waals surface area contributed by atoms with Crippen LogP contribution in [0.3, 0.4) is 0 Å². The topological polar surface area (TPSA) is 170 Å². The first kappa shape index (κ1) is 24.2. The fourth-order valence-electron chi connectivity index (χ4n) is 3.21. The first-order valence-corrected chi connectivity index (χ1v) is 11.7. The molecule has 0 bridgehead atoms. The zero-order valence-electron chi connectivity index (χ0n) is 18.5. The zero-order chi connectivity index (χ0) is 25.9. The average Bonchev–Trinajstić information content (AvgIpc) is 2.87. The lowest BCUT2D eigenvalue weighted by Gasteiger charge is -2.10. The van der Waals surface area contributed by atoms with E-state index in [0.717, 1.165) is 25.3 Å². The van der Waals surface area contributed by atoms with Crippen LogP contribution in [-0.4, -0.2) is 42.3 Å². The molecule has 3 aromatic carbocycles. The van der Waals surface area contributed by atoms with Crippen molar-refractivity contribution in [3.05, 3.63) is 94.2 Å². The summed E-state index contributed by atoms with van der Waals surface area (Å²) in [5, 5.41) is 13.7. The van der Waals surface area contributed by atoms with Gasteiger partial charge in [0.05, 0.1) is 39.7 Å². The Balaban J connectivity index is 1.52. The van der Waals surface area contributed by atoms with Crippen molar-refractivity contribution in [3.8, 4) is 0 Å². The number of nitrogens with zero attached hydrogens (tertiary/aromatic N) is 3. The lowest BCUT2D eigenvalue weighted by atomic mass is 10.1. The van der Waals surface area contributed by atoms with Crippen molar-refractivity contribution < 1.29 is 27.7 Å². The van der Waals surface area contributed by atoms with Gasteiger partial charge in [0.25, 0.3) is 21.6 Å². The predicted octanol–water partition coefficient (Wildman–Crippen LogP) is 3.38. The number of carbonyl (C=O) groups excluding carboxylic acids is 2. The maximum atomic E-state index is 12.7. The molecule has 0 spiro atoms. The second-order valence-corrected chi connectivity index (χ2v) is 9.03. The van der Waals surface area contributed by atoms with Crippen LogP contribution in [0.4, 0.5) is 17.2 Å². The lowest BCUT2D eigenvalue weighted by molar-refractivity contribution is -0.384. The summed E-state index contributed by atoms with van der Waals surface area (Å²) in [6, 6.07) is 15.4. The molecule has 1 heterocycles. The standard InChI is InChI=1S/C23H17N5O7S/c1-35-23(30)15-10-14(11-17(12-15)28(31)32)22(29)25-16-6-8-18(9-7-16)36(33,34)27-21-13-24-19-4-2-3-5-20(19)26-21/h2-13H,1H3,(H,25,29)(H,26,27). The SMILES string of the molecule is COC(=O)c1cc(C(=O)Nc2ccc(S(=O)(=O)Nc3cnc4ccccc4n3)cc2)cc([N+](=O)[O-])c1. The van der Waals surface area contributed by atoms with Crippen molar-refractivity contribution in [2.45, 2.75) is 4.90 Å². The first-order chi connectivity index (χ1) is 17.2. The van der Waals surface area contributed by atoms with Crippen molar-refractivity contribution in [2.75, 3.05) is 17.1 Å². The number of fused-ring (bicyclic) bond motifs is 1. The summed E-state index contributed by atoms with van der Waals surface area (Å²) in [5.74, 6) is -1.55. The van der Waals surface area contributed by atoms with Gasteiger partial charge in [-0.05, 0) is 42.5 Å². The van der Waals surface area contributed by atoms with Gasteiger partial charge in [-0.15, -0.1) is 0 Å². The van der Waals surface area contributed by atoms with Gasteiger partial charge in [-0.3, -0.25) is 24.6 Å². The molecule has 0 aliphatic rings. The lowest BCUT2D eigenvalue weighted by Crippen LogP contribution is -2.15. The van der Waals surface area contributed by atoms with Crippen molar-refractivity contribution in [1.82, 2.24) is 9.97 Å². The van der Waals surface area contributed by atoms with E-state index in [9.17, 15) is 28.1 Å². The number of nitro groups is 1. The Kier molecular flexibility index (Phi) is 6.56. The highest BCUT2D eigenvalue weighted by atomic mass is 32.2. The number of rotatable bonds is 7. The molecule has 0 aliphatic heterocycles. The summed E-state index contributed by atoms with van der Waals surface area (Å²) in [4.78, 5) is 43.2. The van der Waals surface area contributed by atoms with Gasteiger partial charge < -0.3 is 10.1 Å². The number of sulfonamides is 1. The number of ether oxygens (including phenoxy) is 1. The maximum absolute atomic E-state index is 12.7. The van der Waals surface area contributed by atoms with Crippen LogP contribution in [0.2, 0.25) is 0 Å². The number of para-hydroxylation sites is 2. The van der Waals surface area contributed by atoms with E-state index in [2.05, 4.69) is 24.7 Å². The number of amides is 1. The molecule has 4 rings (SSSR count). The Labute approximate surface area is 204 Å². The molecule has 12 nitrogen and oxygen atoms in total. The van der Waals surface area contributed by atoms with Crippen LogP contribution in [0, 0.1) is 10.1 Å². The molecule has 0 unspecified atom stereocenters. The minimum atomic E-state index is -4.00. The molecule has 0 saturated carbocycles. The Morgan fingerprint density at radius 3 is 2.31 bits per heavy atom. The Hall–Kier alpha value is -4.91. The molecule has 4 aromatic rings. The van der Waals surface area contributed by atoms with Gasteiger partial charge in [-0.2, -0.15) is 0 Å². The summed E-state index contributed by atoms with van der Waals surface area (Å²) in [6.07, 6.45) is 1.30. The van der Waals surface area contributed by atoms with E-state index in [1.165, 1.54) is 30.5 Å². The van der Waals surface area contributed by atoms with Gasteiger partial charge in [0.1, 0.15) is 0 Å². The molecule has 0 radical (unpaired) electrons. The Morgan fingerprint density at radius 2 is 1.64 bits per heavy atom. The van der Waals surface area contributed by atoms with Gasteiger partial charge in [-0.25, -0.2) is 18.2 Å². The van der Waals surface area contributed by atoms with Gasteiger partial charge in [0.2, 0.25) is 0 Å². The van der Waals surface area contributed by atoms with Gasteiger partial charge >= 0.3 is 5.97 Å². The highest BCUT2D eigenvalue weighted by Crippen LogP contribution is 2.21. The molecule has 2 N–H and O–H groups in total. The third-order valence-electron chi connectivity index (χ3n) is 4.92. The molecule has 36 heavy (non-hydrogen) atoms. The highest BCUT2D eigenvalue weighted by molar-refractivity contribution is 7.92. The number of esters is 1. The predicted molar refractivity (Wildman–Crippen MR) is 129 cm³/mol. The summed E-state index contributed by atoms with van der Waals surface area (Å²) < 4.78 is 32.4. The van der Waals surface area contributed by atoms with E-state index in [1.54, 1.807) is 24.3 Å². The largest absolute Gasteiger partial charge is 0.465 e. The zero-order valence-corrected chi connectivity index (χ0v) is 19.4. The van der Waals surface area contributed by atoms with Crippen molar-refractivity contribution >= 4 is 50.1 Å². The minimum Gasteiger partial charge on any atom is -0.465 e. The van der Waals surface area contributed by atoms with Crippen LogP contribution in [0.5, 0.6) is 0 Å². The average molecular weight is 507 g/mol. The number of benzene rings is 3.